The maximum atomic E-state index is 3.94. The second-order valence-corrected chi connectivity index (χ2v) is 22.5. The predicted molar refractivity (Wildman–Crippen MR) is 240 cm³/mol. The Bertz CT molecular complexity index is 2640. The van der Waals surface area contributed by atoms with Gasteiger partial charge in [-0.3, -0.25) is 0 Å². The van der Waals surface area contributed by atoms with Crippen molar-refractivity contribution in [2.45, 2.75) is 38.5 Å². The Kier molecular flexibility index (Phi) is 7.32. The van der Waals surface area contributed by atoms with Crippen molar-refractivity contribution in [3.8, 4) is 19.5 Å². The SMILES string of the molecule is Cc1ccc(C2(c3ccc(C)cc3)c3cc(Br)sc3-c3sc4c(sc5c6c(sc54)-c4sc(Br)cc4C6(c4ccc(C)cc4)c4ccc(C)cc4)c32)cc1. The van der Waals surface area contributed by atoms with E-state index in [1.807, 2.05) is 56.7 Å². The quantitative estimate of drug-likeness (QED) is 0.165. The number of thiophene rings is 5. The number of fused-ring (bicyclic) bond motifs is 11. The summed E-state index contributed by atoms with van der Waals surface area (Å²) in [7, 11) is 0. The van der Waals surface area contributed by atoms with E-state index >= 15 is 0 Å². The summed E-state index contributed by atoms with van der Waals surface area (Å²) in [4.78, 5) is 5.65. The van der Waals surface area contributed by atoms with Crippen LogP contribution < -0.4 is 0 Å². The molecule has 53 heavy (non-hydrogen) atoms. The molecule has 5 heterocycles. The lowest BCUT2D eigenvalue weighted by Gasteiger charge is -2.33. The molecule has 258 valence electrons. The van der Waals surface area contributed by atoms with Gasteiger partial charge in [-0.1, -0.05) is 119 Å². The summed E-state index contributed by atoms with van der Waals surface area (Å²) >= 11 is 17.7. The Hall–Kier alpha value is -3.14. The number of hydrogen-bond donors (Lipinski definition) is 0. The highest BCUT2D eigenvalue weighted by Gasteiger charge is 2.53. The zero-order valence-corrected chi connectivity index (χ0v) is 36.4. The van der Waals surface area contributed by atoms with E-state index in [1.165, 1.54) is 113 Å². The van der Waals surface area contributed by atoms with Gasteiger partial charge < -0.3 is 0 Å². The van der Waals surface area contributed by atoms with Crippen molar-refractivity contribution in [2.24, 2.45) is 0 Å². The first-order valence-corrected chi connectivity index (χ1v) is 23.3. The summed E-state index contributed by atoms with van der Waals surface area (Å²) in [6.07, 6.45) is 0. The molecule has 0 bridgehead atoms. The summed E-state index contributed by atoms with van der Waals surface area (Å²) in [5.74, 6) is 0. The van der Waals surface area contributed by atoms with Crippen LogP contribution in [0.2, 0.25) is 0 Å². The average Bonchev–Trinajstić information content (AvgIpc) is 4.00. The number of rotatable bonds is 4. The van der Waals surface area contributed by atoms with Crippen LogP contribution in [0.1, 0.15) is 66.8 Å². The maximum Gasteiger partial charge on any atom is 0.0745 e. The van der Waals surface area contributed by atoms with Crippen LogP contribution in [0.5, 0.6) is 0 Å². The fraction of sp³-hybridized carbons (Fsp3) is 0.130. The van der Waals surface area contributed by atoms with E-state index < -0.39 is 10.8 Å². The molecule has 2 aliphatic carbocycles. The minimum atomic E-state index is -0.419. The second-order valence-electron chi connectivity index (χ2n) is 14.6. The van der Waals surface area contributed by atoms with Crippen LogP contribution >= 0.6 is 88.5 Å². The highest BCUT2D eigenvalue weighted by atomic mass is 79.9. The monoisotopic (exact) mass is 900 g/mol. The van der Waals surface area contributed by atoms with E-state index in [4.69, 9.17) is 0 Å². The molecule has 0 saturated heterocycles. The van der Waals surface area contributed by atoms with E-state index in [0.717, 1.165) is 0 Å². The fourth-order valence-corrected chi connectivity index (χ4v) is 17.4. The lowest BCUT2D eigenvalue weighted by atomic mass is 9.68. The molecular weight excluding hydrogens is 873 g/mol. The minimum Gasteiger partial charge on any atom is -0.133 e. The first kappa shape index (κ1) is 33.2. The lowest BCUT2D eigenvalue weighted by Crippen LogP contribution is -2.28. The molecule has 2 aliphatic rings. The molecular formula is C46H30Br2S5. The highest BCUT2D eigenvalue weighted by molar-refractivity contribution is 9.11. The normalized spacial score (nSPS) is 14.9. The summed E-state index contributed by atoms with van der Waals surface area (Å²) in [6, 6.07) is 42.2. The van der Waals surface area contributed by atoms with E-state index in [1.54, 1.807) is 0 Å². The molecule has 0 fully saturated rings. The van der Waals surface area contributed by atoms with Crippen LogP contribution in [-0.2, 0) is 10.8 Å². The van der Waals surface area contributed by atoms with Gasteiger partial charge in [-0.15, -0.1) is 56.7 Å². The van der Waals surface area contributed by atoms with Gasteiger partial charge in [-0.05, 0) is 105 Å². The highest BCUT2D eigenvalue weighted by Crippen LogP contribution is 2.69. The Morgan fingerprint density at radius 2 is 0.660 bits per heavy atom. The van der Waals surface area contributed by atoms with E-state index in [2.05, 4.69) is 169 Å². The topological polar surface area (TPSA) is 0 Å². The minimum absolute atomic E-state index is 0.419. The Morgan fingerprint density at radius 1 is 0.358 bits per heavy atom. The van der Waals surface area contributed by atoms with E-state index in [0.29, 0.717) is 0 Å². The van der Waals surface area contributed by atoms with Crippen LogP contribution in [0.25, 0.3) is 38.3 Å². The van der Waals surface area contributed by atoms with Crippen molar-refractivity contribution < 1.29 is 0 Å². The van der Waals surface area contributed by atoms with Gasteiger partial charge in [0.15, 0.2) is 0 Å². The van der Waals surface area contributed by atoms with Gasteiger partial charge in [-0.25, -0.2) is 0 Å². The third-order valence-electron chi connectivity index (χ3n) is 11.5. The molecule has 0 atom stereocenters. The van der Waals surface area contributed by atoms with Crippen LogP contribution in [-0.4, -0.2) is 0 Å². The van der Waals surface area contributed by atoms with Crippen molar-refractivity contribution in [1.29, 1.82) is 0 Å². The van der Waals surface area contributed by atoms with Crippen LogP contribution in [0.4, 0.5) is 0 Å². The molecule has 9 aromatic rings. The van der Waals surface area contributed by atoms with Gasteiger partial charge in [0.1, 0.15) is 0 Å². The first-order chi connectivity index (χ1) is 25.7. The van der Waals surface area contributed by atoms with Gasteiger partial charge in [0.2, 0.25) is 0 Å². The predicted octanol–water partition coefficient (Wildman–Crippen LogP) is 15.8. The summed E-state index contributed by atoms with van der Waals surface area (Å²) < 4.78 is 8.12. The molecule has 5 aromatic heterocycles. The van der Waals surface area contributed by atoms with Crippen molar-refractivity contribution in [3.05, 3.63) is 184 Å². The summed E-state index contributed by atoms with van der Waals surface area (Å²) in [5, 5.41) is 0. The number of hydrogen-bond acceptors (Lipinski definition) is 5. The van der Waals surface area contributed by atoms with Crippen LogP contribution in [0.15, 0.2) is 117 Å². The Morgan fingerprint density at radius 3 is 0.962 bits per heavy atom. The summed E-state index contributed by atoms with van der Waals surface area (Å²) in [6.45, 7) is 8.77. The van der Waals surface area contributed by atoms with Crippen molar-refractivity contribution >= 4 is 107 Å². The van der Waals surface area contributed by atoms with Crippen LogP contribution in [0.3, 0.4) is 0 Å². The van der Waals surface area contributed by atoms with Crippen molar-refractivity contribution in [3.63, 3.8) is 0 Å². The Labute approximate surface area is 345 Å². The molecule has 0 radical (unpaired) electrons. The van der Waals surface area contributed by atoms with Crippen molar-refractivity contribution in [2.75, 3.05) is 0 Å². The number of halogens is 2. The number of aryl methyl sites for hydroxylation is 4. The average molecular weight is 903 g/mol. The van der Waals surface area contributed by atoms with Crippen LogP contribution in [0, 0.1) is 27.7 Å². The second kappa shape index (κ2) is 11.7. The van der Waals surface area contributed by atoms with Gasteiger partial charge in [0.05, 0.1) is 56.7 Å². The van der Waals surface area contributed by atoms with E-state index in [-0.39, 0.29) is 0 Å². The molecule has 0 saturated carbocycles. The third kappa shape index (κ3) is 4.36. The third-order valence-corrected chi connectivity index (χ3v) is 19.1. The van der Waals surface area contributed by atoms with E-state index in [9.17, 15) is 0 Å². The maximum absolute atomic E-state index is 3.94. The fourth-order valence-electron chi connectivity index (χ4n) is 9.06. The zero-order chi connectivity index (χ0) is 36.0. The smallest absolute Gasteiger partial charge is 0.0745 e. The molecule has 0 amide bonds. The van der Waals surface area contributed by atoms with Gasteiger partial charge in [0, 0.05) is 11.1 Å². The molecule has 0 N–H and O–H groups in total. The zero-order valence-electron chi connectivity index (χ0n) is 29.2. The largest absolute Gasteiger partial charge is 0.133 e. The van der Waals surface area contributed by atoms with Gasteiger partial charge >= 0.3 is 0 Å². The molecule has 0 aliphatic heterocycles. The first-order valence-electron chi connectivity index (χ1n) is 17.6. The molecule has 4 aromatic carbocycles. The number of benzene rings is 4. The van der Waals surface area contributed by atoms with Gasteiger partial charge in [-0.2, -0.15) is 0 Å². The molecule has 7 heteroatoms. The Balaban J connectivity index is 1.28. The standard InChI is InChI=1S/C46H30Br2S5/c1-23-5-13-27(14-6-23)45(28-15-7-24(2)8-16-28)31-21-33(47)49-37(31)39-35(45)41-43(52-39)44-42(51-41)36-40(53-44)38-32(22-34(48)50-38)46(36,29-17-9-25(3)10-18-29)30-19-11-26(4)12-20-30/h5-22H,1-4H3. The molecule has 0 unspecified atom stereocenters. The molecule has 11 rings (SSSR count). The lowest BCUT2D eigenvalue weighted by molar-refractivity contribution is 0.778. The summed E-state index contributed by atoms with van der Waals surface area (Å²) in [5.41, 5.74) is 15.3. The van der Waals surface area contributed by atoms with Crippen molar-refractivity contribution in [1.82, 2.24) is 0 Å². The van der Waals surface area contributed by atoms with Gasteiger partial charge in [0.25, 0.3) is 0 Å². The molecule has 0 spiro atoms. The molecule has 0 nitrogen and oxygen atoms in total.